The minimum atomic E-state index is -0.0138. The van der Waals surface area contributed by atoms with Crippen LogP contribution in [0.5, 0.6) is 17.2 Å². The van der Waals surface area contributed by atoms with Crippen LogP contribution in [0, 0.1) is 11.3 Å². The Morgan fingerprint density at radius 3 is 2.76 bits per heavy atom. The Bertz CT molecular complexity index is 1430. The molecular formula is C29H30N4O5. The van der Waals surface area contributed by atoms with E-state index in [0.29, 0.717) is 46.6 Å². The van der Waals surface area contributed by atoms with Crippen LogP contribution in [0.15, 0.2) is 59.5 Å². The molecule has 0 amide bonds. The number of nitriles is 1. The van der Waals surface area contributed by atoms with E-state index in [4.69, 9.17) is 24.4 Å². The minimum Gasteiger partial charge on any atom is -0.506 e. The van der Waals surface area contributed by atoms with Crippen LogP contribution >= 0.6 is 0 Å². The van der Waals surface area contributed by atoms with Gasteiger partial charge in [0, 0.05) is 49.3 Å². The monoisotopic (exact) mass is 514 g/mol. The molecule has 0 saturated carbocycles. The molecule has 0 unspecified atom stereocenters. The SMILES string of the molecule is N#Cc1cnc2cc(OCCCN3CCOCC3)ccc2c1OCc1cc(Cc2ccoc2)cc(O)c1N. The van der Waals surface area contributed by atoms with E-state index in [1.54, 1.807) is 18.6 Å². The van der Waals surface area contributed by atoms with Gasteiger partial charge in [-0.25, -0.2) is 0 Å². The van der Waals surface area contributed by atoms with Crippen LogP contribution in [0.25, 0.3) is 10.9 Å². The van der Waals surface area contributed by atoms with Gasteiger partial charge in [0.15, 0.2) is 0 Å². The number of aromatic hydroxyl groups is 1. The van der Waals surface area contributed by atoms with Gasteiger partial charge in [0.1, 0.15) is 35.5 Å². The molecule has 3 heterocycles. The van der Waals surface area contributed by atoms with Gasteiger partial charge in [-0.15, -0.1) is 0 Å². The van der Waals surface area contributed by atoms with Gasteiger partial charge in [-0.3, -0.25) is 9.88 Å². The van der Waals surface area contributed by atoms with E-state index >= 15 is 0 Å². The molecular weight excluding hydrogens is 484 g/mol. The van der Waals surface area contributed by atoms with Gasteiger partial charge in [-0.2, -0.15) is 5.26 Å². The molecule has 9 heteroatoms. The number of rotatable bonds is 10. The first-order valence-electron chi connectivity index (χ1n) is 12.6. The van der Waals surface area contributed by atoms with Crippen molar-refractivity contribution in [2.24, 2.45) is 0 Å². The molecule has 9 nitrogen and oxygen atoms in total. The number of aromatic nitrogens is 1. The number of phenols is 1. The number of hydrogen-bond acceptors (Lipinski definition) is 9. The summed E-state index contributed by atoms with van der Waals surface area (Å²) in [6, 6.07) is 13.1. The lowest BCUT2D eigenvalue weighted by molar-refractivity contribution is 0.0358. The highest BCUT2D eigenvalue weighted by Crippen LogP contribution is 2.33. The predicted molar refractivity (Wildman–Crippen MR) is 142 cm³/mol. The van der Waals surface area contributed by atoms with Crippen molar-refractivity contribution in [1.82, 2.24) is 9.88 Å². The Balaban J connectivity index is 1.29. The highest BCUT2D eigenvalue weighted by atomic mass is 16.5. The number of anilines is 1. The Morgan fingerprint density at radius 2 is 1.97 bits per heavy atom. The van der Waals surface area contributed by atoms with Crippen molar-refractivity contribution < 1.29 is 23.7 Å². The predicted octanol–water partition coefficient (Wildman–Crippen LogP) is 4.26. The summed E-state index contributed by atoms with van der Waals surface area (Å²) >= 11 is 0. The third kappa shape index (κ3) is 5.99. The first kappa shape index (κ1) is 25.4. The fourth-order valence-electron chi connectivity index (χ4n) is 4.54. The lowest BCUT2D eigenvalue weighted by Gasteiger charge is -2.26. The Labute approximate surface area is 221 Å². The molecule has 0 radical (unpaired) electrons. The highest BCUT2D eigenvalue weighted by Gasteiger charge is 2.15. The van der Waals surface area contributed by atoms with Crippen LogP contribution in [0.1, 0.15) is 28.7 Å². The second-order valence-corrected chi connectivity index (χ2v) is 9.23. The average Bonchev–Trinajstić information content (AvgIpc) is 3.45. The molecule has 1 saturated heterocycles. The third-order valence-corrected chi connectivity index (χ3v) is 6.57. The summed E-state index contributed by atoms with van der Waals surface area (Å²) in [7, 11) is 0. The number of furan rings is 1. The van der Waals surface area contributed by atoms with Crippen LogP contribution in [0.2, 0.25) is 0 Å². The molecule has 0 aliphatic carbocycles. The fraction of sp³-hybridized carbons (Fsp3) is 0.310. The summed E-state index contributed by atoms with van der Waals surface area (Å²) in [5.41, 5.74) is 9.83. The molecule has 1 aliphatic rings. The summed E-state index contributed by atoms with van der Waals surface area (Å²) in [6.45, 7) is 5.15. The molecule has 1 fully saturated rings. The van der Waals surface area contributed by atoms with Gasteiger partial charge in [-0.05, 0) is 47.9 Å². The van der Waals surface area contributed by atoms with Crippen LogP contribution in [-0.2, 0) is 17.8 Å². The molecule has 0 spiro atoms. The number of morpholine rings is 1. The van der Waals surface area contributed by atoms with E-state index in [1.165, 1.54) is 6.20 Å². The van der Waals surface area contributed by atoms with E-state index < -0.39 is 0 Å². The molecule has 196 valence electrons. The van der Waals surface area contributed by atoms with E-state index in [1.807, 2.05) is 30.3 Å². The minimum absolute atomic E-state index is 0.0138. The molecule has 0 atom stereocenters. The van der Waals surface area contributed by atoms with E-state index in [-0.39, 0.29) is 18.0 Å². The van der Waals surface area contributed by atoms with Crippen molar-refractivity contribution in [2.75, 3.05) is 45.2 Å². The van der Waals surface area contributed by atoms with Gasteiger partial charge in [0.2, 0.25) is 0 Å². The average molecular weight is 515 g/mol. The first-order valence-corrected chi connectivity index (χ1v) is 12.6. The number of pyridine rings is 1. The van der Waals surface area contributed by atoms with Crippen LogP contribution in [0.3, 0.4) is 0 Å². The Morgan fingerprint density at radius 1 is 1.11 bits per heavy atom. The first-order chi connectivity index (χ1) is 18.6. The molecule has 5 rings (SSSR count). The maximum Gasteiger partial charge on any atom is 0.148 e. The highest BCUT2D eigenvalue weighted by molar-refractivity contribution is 5.88. The molecule has 1 aliphatic heterocycles. The van der Waals surface area contributed by atoms with Crippen LogP contribution in [0.4, 0.5) is 5.69 Å². The smallest absolute Gasteiger partial charge is 0.148 e. The van der Waals surface area contributed by atoms with E-state index in [2.05, 4.69) is 16.0 Å². The van der Waals surface area contributed by atoms with Crippen molar-refractivity contribution >= 4 is 16.6 Å². The van der Waals surface area contributed by atoms with E-state index in [0.717, 1.165) is 50.4 Å². The summed E-state index contributed by atoms with van der Waals surface area (Å²) < 4.78 is 22.6. The van der Waals surface area contributed by atoms with Gasteiger partial charge in [0.05, 0.1) is 43.6 Å². The quantitative estimate of drug-likeness (QED) is 0.181. The maximum atomic E-state index is 10.4. The fourth-order valence-corrected chi connectivity index (χ4v) is 4.54. The Hall–Kier alpha value is -4.26. The number of fused-ring (bicyclic) bond motifs is 1. The molecule has 4 aromatic rings. The number of phenolic OH excluding ortho intramolecular Hbond substituents is 1. The van der Waals surface area contributed by atoms with Crippen molar-refractivity contribution in [3.63, 3.8) is 0 Å². The lowest BCUT2D eigenvalue weighted by Crippen LogP contribution is -2.37. The second kappa shape index (κ2) is 11.9. The summed E-state index contributed by atoms with van der Waals surface area (Å²) in [5.74, 6) is 1.11. The number of nitrogens with zero attached hydrogens (tertiary/aromatic N) is 3. The topological polar surface area (TPSA) is 127 Å². The number of nitrogen functional groups attached to an aromatic ring is 1. The van der Waals surface area contributed by atoms with Gasteiger partial charge in [0.25, 0.3) is 0 Å². The van der Waals surface area contributed by atoms with Gasteiger partial charge >= 0.3 is 0 Å². The summed E-state index contributed by atoms with van der Waals surface area (Å²) in [5, 5.41) is 20.8. The summed E-state index contributed by atoms with van der Waals surface area (Å²) in [6.07, 6.45) is 6.26. The molecule has 2 aromatic heterocycles. The number of nitrogens with two attached hydrogens (primary N) is 1. The number of ether oxygens (including phenoxy) is 3. The zero-order valence-corrected chi connectivity index (χ0v) is 21.1. The molecule has 0 bridgehead atoms. The maximum absolute atomic E-state index is 10.4. The molecule has 3 N–H and O–H groups in total. The number of benzene rings is 2. The van der Waals surface area contributed by atoms with Gasteiger partial charge < -0.3 is 29.5 Å². The van der Waals surface area contributed by atoms with Crippen LogP contribution < -0.4 is 15.2 Å². The lowest BCUT2D eigenvalue weighted by atomic mass is 10.0. The van der Waals surface area contributed by atoms with Crippen molar-refractivity contribution in [1.29, 1.82) is 5.26 Å². The second-order valence-electron chi connectivity index (χ2n) is 9.23. The van der Waals surface area contributed by atoms with Crippen molar-refractivity contribution in [3.8, 4) is 23.3 Å². The Kier molecular flexibility index (Phi) is 7.92. The molecule has 38 heavy (non-hydrogen) atoms. The van der Waals surface area contributed by atoms with Gasteiger partial charge in [-0.1, -0.05) is 0 Å². The largest absolute Gasteiger partial charge is 0.506 e. The van der Waals surface area contributed by atoms with Crippen LogP contribution in [-0.4, -0.2) is 54.4 Å². The standard InChI is InChI=1S/C29H30N4O5/c30-16-23-17-32-26-15-24(37-8-1-5-33-6-10-35-11-7-33)2-3-25(26)29(23)38-19-22-13-21(14-27(34)28(22)31)12-20-4-9-36-18-20/h2-4,9,13-15,17-18,34H,1,5-8,10-12,19,31H2. The van der Waals surface area contributed by atoms with E-state index in [9.17, 15) is 10.4 Å². The zero-order chi connectivity index (χ0) is 26.3. The normalized spacial score (nSPS) is 13.9. The van der Waals surface area contributed by atoms with Crippen molar-refractivity contribution in [3.05, 3.63) is 77.4 Å². The molecule has 2 aromatic carbocycles. The number of hydrogen-bond donors (Lipinski definition) is 2. The third-order valence-electron chi connectivity index (χ3n) is 6.57. The zero-order valence-electron chi connectivity index (χ0n) is 21.1. The summed E-state index contributed by atoms with van der Waals surface area (Å²) in [4.78, 5) is 6.82. The van der Waals surface area contributed by atoms with Crippen molar-refractivity contribution in [2.45, 2.75) is 19.4 Å².